The Morgan fingerprint density at radius 3 is 2.58 bits per heavy atom. The van der Waals surface area contributed by atoms with Crippen LogP contribution in [0.4, 0.5) is 5.69 Å². The molecule has 0 heterocycles. The zero-order valence-electron chi connectivity index (χ0n) is 10.7. The van der Waals surface area contributed by atoms with Gasteiger partial charge < -0.3 is 9.47 Å². The molecular formula is C14H13N3O2. The zero-order chi connectivity index (χ0) is 13.7. The minimum atomic E-state index is 0.567. The average Bonchev–Trinajstić information content (AvgIpc) is 2.47. The maximum Gasteiger partial charge on any atom is 0.130 e. The Labute approximate surface area is 111 Å². The zero-order valence-corrected chi connectivity index (χ0v) is 10.7. The van der Waals surface area contributed by atoms with Gasteiger partial charge in [-0.25, -0.2) is 0 Å². The van der Waals surface area contributed by atoms with Crippen molar-refractivity contribution in [1.29, 1.82) is 0 Å². The van der Waals surface area contributed by atoms with E-state index in [4.69, 9.17) is 15.0 Å². The minimum absolute atomic E-state index is 0.567. The van der Waals surface area contributed by atoms with Crippen molar-refractivity contribution >= 4 is 5.69 Å². The lowest BCUT2D eigenvalue weighted by Gasteiger charge is -2.10. The summed E-state index contributed by atoms with van der Waals surface area (Å²) in [5.41, 5.74) is 10.9. The molecule has 2 aromatic rings. The topological polar surface area (TPSA) is 67.2 Å². The van der Waals surface area contributed by atoms with E-state index < -0.39 is 0 Å². The highest BCUT2D eigenvalue weighted by atomic mass is 16.5. The number of methoxy groups -OCH3 is 2. The van der Waals surface area contributed by atoms with E-state index in [-0.39, 0.29) is 0 Å². The molecule has 5 nitrogen and oxygen atoms in total. The third kappa shape index (κ3) is 2.78. The van der Waals surface area contributed by atoms with Crippen LogP contribution >= 0.6 is 0 Å². The van der Waals surface area contributed by atoms with E-state index in [1.54, 1.807) is 20.3 Å². The van der Waals surface area contributed by atoms with E-state index in [0.29, 0.717) is 11.4 Å². The Bertz CT molecular complexity index is 634. The molecule has 0 bridgehead atoms. The molecular weight excluding hydrogens is 242 g/mol. The molecule has 0 saturated carbocycles. The van der Waals surface area contributed by atoms with Gasteiger partial charge in [-0.15, -0.1) is 0 Å². The van der Waals surface area contributed by atoms with Gasteiger partial charge in [-0.3, -0.25) is 0 Å². The number of azide groups is 1. The van der Waals surface area contributed by atoms with Crippen LogP contribution in [0.1, 0.15) is 0 Å². The molecule has 96 valence electrons. The van der Waals surface area contributed by atoms with Crippen LogP contribution in [-0.4, -0.2) is 14.2 Å². The van der Waals surface area contributed by atoms with Crippen LogP contribution in [-0.2, 0) is 0 Å². The number of hydrogen-bond acceptors (Lipinski definition) is 3. The number of nitrogens with zero attached hydrogens (tertiary/aromatic N) is 3. The standard InChI is InChI=1S/C14H13N3O2/c1-18-12-6-7-13(14(9-12)19-2)10-4-3-5-11(8-10)16-17-15/h3-9H,1-2H3. The van der Waals surface area contributed by atoms with Crippen LogP contribution in [0.2, 0.25) is 0 Å². The minimum Gasteiger partial charge on any atom is -0.497 e. The van der Waals surface area contributed by atoms with Crippen LogP contribution < -0.4 is 9.47 Å². The van der Waals surface area contributed by atoms with Crippen LogP contribution in [0, 0.1) is 0 Å². The van der Waals surface area contributed by atoms with Crippen LogP contribution in [0.15, 0.2) is 47.6 Å². The molecule has 0 radical (unpaired) electrons. The van der Waals surface area contributed by atoms with E-state index >= 15 is 0 Å². The van der Waals surface area contributed by atoms with Crippen molar-refractivity contribution < 1.29 is 9.47 Å². The third-order valence-electron chi connectivity index (χ3n) is 2.73. The summed E-state index contributed by atoms with van der Waals surface area (Å²) in [6.07, 6.45) is 0. The number of ether oxygens (including phenoxy) is 2. The van der Waals surface area contributed by atoms with Gasteiger partial charge in [0.15, 0.2) is 0 Å². The first kappa shape index (κ1) is 12.8. The molecule has 0 N–H and O–H groups in total. The Morgan fingerprint density at radius 1 is 1.05 bits per heavy atom. The Balaban J connectivity index is 2.51. The normalized spacial score (nSPS) is 9.58. The van der Waals surface area contributed by atoms with Gasteiger partial charge in [0.1, 0.15) is 11.5 Å². The van der Waals surface area contributed by atoms with Crippen molar-refractivity contribution in [1.82, 2.24) is 0 Å². The van der Waals surface area contributed by atoms with Crippen molar-refractivity contribution in [3.63, 3.8) is 0 Å². The van der Waals surface area contributed by atoms with Gasteiger partial charge in [-0.1, -0.05) is 23.3 Å². The summed E-state index contributed by atoms with van der Waals surface area (Å²) in [6.45, 7) is 0. The van der Waals surface area contributed by atoms with Crippen LogP contribution in [0.25, 0.3) is 21.6 Å². The molecule has 0 aliphatic carbocycles. The van der Waals surface area contributed by atoms with Gasteiger partial charge in [0.25, 0.3) is 0 Å². The average molecular weight is 255 g/mol. The number of hydrogen-bond donors (Lipinski definition) is 0. The highest BCUT2D eigenvalue weighted by molar-refractivity contribution is 5.73. The molecule has 0 atom stereocenters. The van der Waals surface area contributed by atoms with Gasteiger partial charge in [0, 0.05) is 22.2 Å². The summed E-state index contributed by atoms with van der Waals surface area (Å²) in [6, 6.07) is 12.9. The molecule has 19 heavy (non-hydrogen) atoms. The SMILES string of the molecule is COc1ccc(-c2cccc(N=[N+]=[N-])c2)c(OC)c1. The van der Waals surface area contributed by atoms with Crippen molar-refractivity contribution in [3.05, 3.63) is 52.9 Å². The van der Waals surface area contributed by atoms with Crippen molar-refractivity contribution in [2.45, 2.75) is 0 Å². The lowest BCUT2D eigenvalue weighted by molar-refractivity contribution is 0.395. The highest BCUT2D eigenvalue weighted by Crippen LogP contribution is 2.34. The van der Waals surface area contributed by atoms with Gasteiger partial charge in [0.2, 0.25) is 0 Å². The first-order chi connectivity index (χ1) is 9.28. The summed E-state index contributed by atoms with van der Waals surface area (Å²) >= 11 is 0. The molecule has 2 rings (SSSR count). The predicted octanol–water partition coefficient (Wildman–Crippen LogP) is 4.31. The lowest BCUT2D eigenvalue weighted by atomic mass is 10.0. The van der Waals surface area contributed by atoms with E-state index in [1.807, 2.05) is 36.4 Å². The first-order valence-electron chi connectivity index (χ1n) is 5.66. The molecule has 0 fully saturated rings. The molecule has 0 unspecified atom stereocenters. The summed E-state index contributed by atoms with van der Waals surface area (Å²) in [5, 5.41) is 3.60. The molecule has 0 aromatic heterocycles. The quantitative estimate of drug-likeness (QED) is 0.464. The fraction of sp³-hybridized carbons (Fsp3) is 0.143. The molecule has 0 saturated heterocycles. The second-order valence-corrected chi connectivity index (χ2v) is 3.81. The summed E-state index contributed by atoms with van der Waals surface area (Å²) in [5.74, 6) is 1.43. The largest absolute Gasteiger partial charge is 0.497 e. The maximum atomic E-state index is 8.47. The van der Waals surface area contributed by atoms with E-state index in [1.165, 1.54) is 0 Å². The molecule has 0 amide bonds. The predicted molar refractivity (Wildman–Crippen MR) is 73.8 cm³/mol. The summed E-state index contributed by atoms with van der Waals surface area (Å²) in [7, 11) is 3.21. The summed E-state index contributed by atoms with van der Waals surface area (Å²) in [4.78, 5) is 2.78. The van der Waals surface area contributed by atoms with Crippen LogP contribution in [0.5, 0.6) is 11.5 Å². The lowest BCUT2D eigenvalue weighted by Crippen LogP contribution is -1.90. The smallest absolute Gasteiger partial charge is 0.130 e. The van der Waals surface area contributed by atoms with E-state index in [9.17, 15) is 0 Å². The Kier molecular flexibility index (Phi) is 3.90. The van der Waals surface area contributed by atoms with E-state index in [0.717, 1.165) is 16.9 Å². The molecule has 0 spiro atoms. The van der Waals surface area contributed by atoms with Crippen molar-refractivity contribution in [2.75, 3.05) is 14.2 Å². The van der Waals surface area contributed by atoms with Gasteiger partial charge in [-0.2, -0.15) is 0 Å². The van der Waals surface area contributed by atoms with E-state index in [2.05, 4.69) is 10.0 Å². The first-order valence-corrected chi connectivity index (χ1v) is 5.66. The highest BCUT2D eigenvalue weighted by Gasteiger charge is 2.07. The van der Waals surface area contributed by atoms with Crippen molar-refractivity contribution in [3.8, 4) is 22.6 Å². The number of rotatable bonds is 4. The van der Waals surface area contributed by atoms with Crippen LogP contribution in [0.3, 0.4) is 0 Å². The molecule has 5 heteroatoms. The molecule has 2 aromatic carbocycles. The van der Waals surface area contributed by atoms with Crippen molar-refractivity contribution in [2.24, 2.45) is 5.11 Å². The molecule has 0 aliphatic rings. The summed E-state index contributed by atoms with van der Waals surface area (Å²) < 4.78 is 10.5. The fourth-order valence-corrected chi connectivity index (χ4v) is 1.82. The maximum absolute atomic E-state index is 8.47. The Morgan fingerprint density at radius 2 is 1.89 bits per heavy atom. The monoisotopic (exact) mass is 255 g/mol. The second kappa shape index (κ2) is 5.80. The van der Waals surface area contributed by atoms with Gasteiger partial charge >= 0.3 is 0 Å². The van der Waals surface area contributed by atoms with Gasteiger partial charge in [0.05, 0.1) is 14.2 Å². The second-order valence-electron chi connectivity index (χ2n) is 3.81. The molecule has 0 aliphatic heterocycles. The van der Waals surface area contributed by atoms with Gasteiger partial charge in [-0.05, 0) is 29.3 Å². The Hall–Kier alpha value is -2.65. The number of benzene rings is 2. The third-order valence-corrected chi connectivity index (χ3v) is 2.73. The fourth-order valence-electron chi connectivity index (χ4n) is 1.82.